The standard InChI is InChI=1S/C17H35N3O2S.HI/c1-6-14-9-8-10-15(13-14)20-16(18-7-2)19-11-12-23(21,22)17(3,4)5;/h14-15H,6-13H2,1-5H3,(H2,18,19,20);1H. The van der Waals surface area contributed by atoms with E-state index < -0.39 is 14.6 Å². The van der Waals surface area contributed by atoms with Crippen molar-refractivity contribution in [1.82, 2.24) is 10.6 Å². The van der Waals surface area contributed by atoms with Gasteiger partial charge in [0.15, 0.2) is 15.8 Å². The number of nitrogens with zero attached hydrogens (tertiary/aromatic N) is 1. The summed E-state index contributed by atoms with van der Waals surface area (Å²) in [6, 6.07) is 0.450. The van der Waals surface area contributed by atoms with Gasteiger partial charge in [-0.15, -0.1) is 24.0 Å². The molecule has 0 aromatic carbocycles. The predicted molar refractivity (Wildman–Crippen MR) is 114 cm³/mol. The molecule has 0 spiro atoms. The summed E-state index contributed by atoms with van der Waals surface area (Å²) in [6.45, 7) is 10.6. The Balaban J connectivity index is 0.00000529. The molecule has 24 heavy (non-hydrogen) atoms. The van der Waals surface area contributed by atoms with Crippen LogP contribution in [0.3, 0.4) is 0 Å². The Morgan fingerprint density at radius 1 is 1.21 bits per heavy atom. The van der Waals surface area contributed by atoms with Gasteiger partial charge in [-0.1, -0.05) is 26.2 Å². The van der Waals surface area contributed by atoms with Gasteiger partial charge in [0.2, 0.25) is 0 Å². The van der Waals surface area contributed by atoms with E-state index in [9.17, 15) is 8.42 Å². The van der Waals surface area contributed by atoms with Crippen LogP contribution in [-0.2, 0) is 9.84 Å². The number of halogens is 1. The van der Waals surface area contributed by atoms with Crippen LogP contribution in [0.4, 0.5) is 0 Å². The quantitative estimate of drug-likeness (QED) is 0.353. The Kier molecular flexibility index (Phi) is 10.8. The van der Waals surface area contributed by atoms with E-state index in [0.717, 1.165) is 18.4 Å². The predicted octanol–water partition coefficient (Wildman–Crippen LogP) is 3.34. The van der Waals surface area contributed by atoms with Gasteiger partial charge in [0, 0.05) is 12.6 Å². The maximum atomic E-state index is 12.2. The van der Waals surface area contributed by atoms with Crippen LogP contribution in [0.2, 0.25) is 0 Å². The Labute approximate surface area is 165 Å². The molecule has 0 aromatic heterocycles. The first-order valence-electron chi connectivity index (χ1n) is 8.96. The first-order valence-corrected chi connectivity index (χ1v) is 10.6. The Morgan fingerprint density at radius 2 is 1.88 bits per heavy atom. The SMILES string of the molecule is CCNC(=NCCS(=O)(=O)C(C)(C)C)NC1CCCC(CC)C1.I. The van der Waals surface area contributed by atoms with Crippen molar-refractivity contribution in [3.8, 4) is 0 Å². The molecular weight excluding hydrogens is 437 g/mol. The zero-order valence-corrected chi connectivity index (χ0v) is 19.0. The van der Waals surface area contributed by atoms with E-state index >= 15 is 0 Å². The highest BCUT2D eigenvalue weighted by Gasteiger charge is 2.28. The number of sulfone groups is 1. The van der Waals surface area contributed by atoms with Gasteiger partial charge < -0.3 is 10.6 Å². The number of rotatable bonds is 6. The Morgan fingerprint density at radius 3 is 2.42 bits per heavy atom. The van der Waals surface area contributed by atoms with Crippen molar-refractivity contribution in [1.29, 1.82) is 0 Å². The molecule has 0 amide bonds. The number of hydrogen-bond acceptors (Lipinski definition) is 3. The third-order valence-corrected chi connectivity index (χ3v) is 7.19. The molecule has 0 aromatic rings. The minimum absolute atomic E-state index is 0. The van der Waals surface area contributed by atoms with Gasteiger partial charge in [-0.3, -0.25) is 4.99 Å². The number of nitrogens with one attached hydrogen (secondary N) is 2. The largest absolute Gasteiger partial charge is 0.357 e. The fourth-order valence-electron chi connectivity index (χ4n) is 2.89. The third-order valence-electron chi connectivity index (χ3n) is 4.61. The summed E-state index contributed by atoms with van der Waals surface area (Å²) in [7, 11) is -3.12. The molecule has 1 rings (SSSR count). The maximum absolute atomic E-state index is 12.2. The molecule has 1 saturated carbocycles. The first kappa shape index (κ1) is 23.9. The van der Waals surface area contributed by atoms with Crippen LogP contribution >= 0.6 is 24.0 Å². The van der Waals surface area contributed by atoms with Crippen LogP contribution < -0.4 is 10.6 Å². The summed E-state index contributed by atoms with van der Waals surface area (Å²) >= 11 is 0. The van der Waals surface area contributed by atoms with Crippen molar-refractivity contribution in [2.45, 2.75) is 77.5 Å². The van der Waals surface area contributed by atoms with Gasteiger partial charge in [-0.2, -0.15) is 0 Å². The molecular formula is C17H36IN3O2S. The lowest BCUT2D eigenvalue weighted by Crippen LogP contribution is -2.45. The molecule has 1 aliphatic rings. The minimum Gasteiger partial charge on any atom is -0.357 e. The van der Waals surface area contributed by atoms with Crippen molar-refractivity contribution < 1.29 is 8.42 Å². The van der Waals surface area contributed by atoms with Crippen LogP contribution in [0.15, 0.2) is 4.99 Å². The Hall–Kier alpha value is -0.0500. The second-order valence-electron chi connectivity index (χ2n) is 7.47. The van der Waals surface area contributed by atoms with Crippen LogP contribution in [0.5, 0.6) is 0 Å². The van der Waals surface area contributed by atoms with Gasteiger partial charge in [0.1, 0.15) is 0 Å². The lowest BCUT2D eigenvalue weighted by molar-refractivity contribution is 0.298. The van der Waals surface area contributed by atoms with Crippen LogP contribution in [0.25, 0.3) is 0 Å². The number of hydrogen-bond donors (Lipinski definition) is 2. The summed E-state index contributed by atoms with van der Waals surface area (Å²) in [4.78, 5) is 4.47. The van der Waals surface area contributed by atoms with E-state index in [1.165, 1.54) is 32.1 Å². The van der Waals surface area contributed by atoms with Gasteiger partial charge in [0.25, 0.3) is 0 Å². The normalized spacial score (nSPS) is 22.6. The van der Waals surface area contributed by atoms with Crippen LogP contribution in [0, 0.1) is 5.92 Å². The van der Waals surface area contributed by atoms with Gasteiger partial charge in [-0.25, -0.2) is 8.42 Å². The average Bonchev–Trinajstić information content (AvgIpc) is 2.46. The van der Waals surface area contributed by atoms with E-state index in [2.05, 4.69) is 22.5 Å². The molecule has 0 saturated heterocycles. The first-order chi connectivity index (χ1) is 10.7. The molecule has 7 heteroatoms. The van der Waals surface area contributed by atoms with Crippen LogP contribution in [0.1, 0.15) is 66.7 Å². The Bertz CT molecular complexity index is 487. The van der Waals surface area contributed by atoms with Gasteiger partial charge >= 0.3 is 0 Å². The summed E-state index contributed by atoms with van der Waals surface area (Å²) in [5.41, 5.74) is 0. The summed E-state index contributed by atoms with van der Waals surface area (Å²) in [5, 5.41) is 6.72. The zero-order chi connectivity index (χ0) is 17.5. The van der Waals surface area contributed by atoms with E-state index in [-0.39, 0.29) is 29.7 Å². The molecule has 144 valence electrons. The molecule has 2 N–H and O–H groups in total. The molecule has 1 fully saturated rings. The average molecular weight is 473 g/mol. The van der Waals surface area contributed by atoms with E-state index in [0.29, 0.717) is 12.6 Å². The number of aliphatic imine (C=N–C) groups is 1. The van der Waals surface area contributed by atoms with Crippen molar-refractivity contribution in [3.63, 3.8) is 0 Å². The third kappa shape index (κ3) is 7.89. The molecule has 0 bridgehead atoms. The van der Waals surface area contributed by atoms with Crippen molar-refractivity contribution in [3.05, 3.63) is 0 Å². The topological polar surface area (TPSA) is 70.6 Å². The molecule has 2 unspecified atom stereocenters. The van der Waals surface area contributed by atoms with Crippen molar-refractivity contribution in [2.24, 2.45) is 10.9 Å². The molecule has 1 aliphatic carbocycles. The van der Waals surface area contributed by atoms with Crippen molar-refractivity contribution in [2.75, 3.05) is 18.8 Å². The lowest BCUT2D eigenvalue weighted by atomic mass is 9.84. The van der Waals surface area contributed by atoms with Gasteiger partial charge in [0.05, 0.1) is 17.0 Å². The van der Waals surface area contributed by atoms with E-state index in [1.54, 1.807) is 20.8 Å². The van der Waals surface area contributed by atoms with Crippen LogP contribution in [-0.4, -0.2) is 44.0 Å². The van der Waals surface area contributed by atoms with E-state index in [4.69, 9.17) is 0 Å². The molecule has 5 nitrogen and oxygen atoms in total. The highest BCUT2D eigenvalue weighted by Crippen LogP contribution is 2.26. The smallest absolute Gasteiger partial charge is 0.191 e. The zero-order valence-electron chi connectivity index (χ0n) is 15.9. The van der Waals surface area contributed by atoms with E-state index in [1.807, 2.05) is 6.92 Å². The minimum atomic E-state index is -3.12. The fraction of sp³-hybridized carbons (Fsp3) is 0.941. The van der Waals surface area contributed by atoms with Crippen molar-refractivity contribution >= 4 is 39.8 Å². The monoisotopic (exact) mass is 473 g/mol. The highest BCUT2D eigenvalue weighted by atomic mass is 127. The summed E-state index contributed by atoms with van der Waals surface area (Å²) in [6.07, 6.45) is 6.16. The lowest BCUT2D eigenvalue weighted by Gasteiger charge is -2.30. The molecule has 0 aliphatic heterocycles. The second kappa shape index (κ2) is 10.8. The molecule has 2 atom stereocenters. The van der Waals surface area contributed by atoms with Gasteiger partial charge in [-0.05, 0) is 46.5 Å². The summed E-state index contributed by atoms with van der Waals surface area (Å²) < 4.78 is 23.6. The summed E-state index contributed by atoms with van der Waals surface area (Å²) in [5.74, 6) is 1.64. The molecule has 0 heterocycles. The maximum Gasteiger partial charge on any atom is 0.191 e. The number of guanidine groups is 1. The second-order valence-corrected chi connectivity index (χ2v) is 10.3. The highest BCUT2D eigenvalue weighted by molar-refractivity contribution is 14.0. The molecule has 0 radical (unpaired) electrons. The fourth-order valence-corrected chi connectivity index (χ4v) is 3.83.